The first-order valence-electron chi connectivity index (χ1n) is 14.0. The predicted octanol–water partition coefficient (Wildman–Crippen LogP) is 4.20. The normalized spacial score (nSPS) is 29.8. The smallest absolute Gasteiger partial charge is 0.310 e. The molecule has 2 amide bonds. The van der Waals surface area contributed by atoms with Crippen LogP contribution in [0.5, 0.6) is 0 Å². The van der Waals surface area contributed by atoms with Gasteiger partial charge in [0.05, 0.1) is 35.8 Å². The molecular formula is C29H46N2O5S. The molecule has 0 saturated carbocycles. The van der Waals surface area contributed by atoms with Crippen LogP contribution in [0.4, 0.5) is 0 Å². The summed E-state index contributed by atoms with van der Waals surface area (Å²) in [6, 6.07) is -1.19. The van der Waals surface area contributed by atoms with Crippen LogP contribution in [-0.2, 0) is 19.1 Å². The number of nitrogens with zero attached hydrogens (tertiary/aromatic N) is 2. The molecule has 3 unspecified atom stereocenters. The van der Waals surface area contributed by atoms with Crippen molar-refractivity contribution in [2.24, 2.45) is 17.8 Å². The van der Waals surface area contributed by atoms with E-state index < -0.39 is 28.7 Å². The number of rotatable bonds is 15. The Bertz CT molecular complexity index is 863. The van der Waals surface area contributed by atoms with Gasteiger partial charge in [0.15, 0.2) is 0 Å². The minimum absolute atomic E-state index is 0.00481. The first kappa shape index (κ1) is 29.8. The summed E-state index contributed by atoms with van der Waals surface area (Å²) >= 11 is 1.65. The number of carbonyl (C=O) groups is 3. The molecule has 3 fully saturated rings. The molecule has 1 N–H and O–H groups in total. The Labute approximate surface area is 227 Å². The number of esters is 1. The van der Waals surface area contributed by atoms with E-state index in [0.717, 1.165) is 25.7 Å². The molecule has 0 aromatic heterocycles. The highest BCUT2D eigenvalue weighted by atomic mass is 32.2. The SMILES string of the molecule is C=CCCCOC(=O)[C@@H]1[C@H]2C(=O)N([C@@H](CO)CC(C)C)C(C(=O)N(CC=C)C(C)CCC)C23CC[C@H]1S3. The molecule has 2 bridgehead atoms. The van der Waals surface area contributed by atoms with Gasteiger partial charge >= 0.3 is 5.97 Å². The Hall–Kier alpha value is -1.80. The highest BCUT2D eigenvalue weighted by Gasteiger charge is 2.74. The van der Waals surface area contributed by atoms with Gasteiger partial charge in [-0.2, -0.15) is 0 Å². The zero-order chi connectivity index (χ0) is 27.3. The van der Waals surface area contributed by atoms with Crippen molar-refractivity contribution in [1.82, 2.24) is 9.80 Å². The first-order valence-corrected chi connectivity index (χ1v) is 14.9. The average molecular weight is 535 g/mol. The zero-order valence-corrected chi connectivity index (χ0v) is 23.9. The predicted molar refractivity (Wildman–Crippen MR) is 148 cm³/mol. The molecular weight excluding hydrogens is 488 g/mol. The number of likely N-dealkylation sites (tertiary alicyclic amines) is 1. The summed E-state index contributed by atoms with van der Waals surface area (Å²) in [5, 5.41) is 10.4. The number of allylic oxidation sites excluding steroid dienone is 1. The molecule has 7 atom stereocenters. The molecule has 1 spiro atoms. The minimum Gasteiger partial charge on any atom is -0.465 e. The summed E-state index contributed by atoms with van der Waals surface area (Å²) in [7, 11) is 0. The number of thioether (sulfide) groups is 1. The molecule has 3 saturated heterocycles. The lowest BCUT2D eigenvalue weighted by atomic mass is 9.71. The van der Waals surface area contributed by atoms with Crippen molar-refractivity contribution in [3.05, 3.63) is 25.3 Å². The third kappa shape index (κ3) is 5.65. The summed E-state index contributed by atoms with van der Waals surface area (Å²) in [6.07, 6.45) is 8.84. The number of hydrogen-bond acceptors (Lipinski definition) is 6. The van der Waals surface area contributed by atoms with E-state index in [-0.39, 0.29) is 41.6 Å². The van der Waals surface area contributed by atoms with E-state index in [0.29, 0.717) is 32.4 Å². The molecule has 37 heavy (non-hydrogen) atoms. The average Bonchev–Trinajstić information content (AvgIpc) is 3.50. The van der Waals surface area contributed by atoms with E-state index in [1.807, 2.05) is 11.8 Å². The van der Waals surface area contributed by atoms with Crippen LogP contribution >= 0.6 is 11.8 Å². The summed E-state index contributed by atoms with van der Waals surface area (Å²) in [5.41, 5.74) is 0. The highest BCUT2D eigenvalue weighted by Crippen LogP contribution is 2.67. The van der Waals surface area contributed by atoms with Crippen LogP contribution in [0.25, 0.3) is 0 Å². The van der Waals surface area contributed by atoms with Crippen LogP contribution in [0.3, 0.4) is 0 Å². The summed E-state index contributed by atoms with van der Waals surface area (Å²) in [5.74, 6) is -1.53. The molecule has 0 aromatic carbocycles. The molecule has 208 valence electrons. The van der Waals surface area contributed by atoms with Gasteiger partial charge in [-0.15, -0.1) is 24.9 Å². The van der Waals surface area contributed by atoms with Crippen LogP contribution in [0, 0.1) is 17.8 Å². The van der Waals surface area contributed by atoms with Crippen LogP contribution in [0.15, 0.2) is 25.3 Å². The Balaban J connectivity index is 2.02. The number of aliphatic hydroxyl groups excluding tert-OH is 1. The van der Waals surface area contributed by atoms with E-state index in [1.54, 1.807) is 28.8 Å². The first-order chi connectivity index (χ1) is 17.7. The van der Waals surface area contributed by atoms with E-state index in [9.17, 15) is 19.5 Å². The van der Waals surface area contributed by atoms with Gasteiger partial charge in [-0.3, -0.25) is 14.4 Å². The Kier molecular flexibility index (Phi) is 10.3. The molecule has 0 aromatic rings. The Morgan fingerprint density at radius 2 is 2.03 bits per heavy atom. The molecule has 3 heterocycles. The standard InChI is InChI=1S/C29H46N2O5S/c1-7-10-11-16-36-28(35)23-22-13-14-29(37-22)24(23)26(33)31(21(18-32)17-19(4)5)25(29)27(34)30(15-9-3)20(6)12-8-2/h7,9,19-25,32H,1,3,8,10-18H2,2,4-6H3/t20?,21-,22-,23+,24+,25?,29?/m1/s1. The molecule has 3 rings (SSSR count). The van der Waals surface area contributed by atoms with Crippen molar-refractivity contribution in [2.45, 2.75) is 101 Å². The Morgan fingerprint density at radius 3 is 2.62 bits per heavy atom. The summed E-state index contributed by atoms with van der Waals surface area (Å²) in [6.45, 7) is 16.3. The lowest BCUT2D eigenvalue weighted by molar-refractivity contribution is -0.154. The van der Waals surface area contributed by atoms with E-state index in [4.69, 9.17) is 4.74 Å². The number of ether oxygens (including phenoxy) is 1. The second-order valence-electron chi connectivity index (χ2n) is 11.3. The number of fused-ring (bicyclic) bond motifs is 1. The fourth-order valence-electron chi connectivity index (χ4n) is 6.71. The third-order valence-electron chi connectivity index (χ3n) is 8.24. The van der Waals surface area contributed by atoms with Gasteiger partial charge < -0.3 is 19.6 Å². The zero-order valence-electron chi connectivity index (χ0n) is 23.1. The van der Waals surface area contributed by atoms with Crippen molar-refractivity contribution in [3.8, 4) is 0 Å². The van der Waals surface area contributed by atoms with Gasteiger partial charge in [-0.25, -0.2) is 0 Å². The van der Waals surface area contributed by atoms with Crippen molar-refractivity contribution < 1.29 is 24.2 Å². The second-order valence-corrected chi connectivity index (χ2v) is 12.9. The lowest BCUT2D eigenvalue weighted by Gasteiger charge is -2.41. The van der Waals surface area contributed by atoms with Gasteiger partial charge in [0.25, 0.3) is 0 Å². The van der Waals surface area contributed by atoms with Gasteiger partial charge in [0.1, 0.15) is 6.04 Å². The molecule has 3 aliphatic rings. The van der Waals surface area contributed by atoms with Crippen molar-refractivity contribution in [1.29, 1.82) is 0 Å². The van der Waals surface area contributed by atoms with E-state index in [1.165, 1.54) is 0 Å². The van der Waals surface area contributed by atoms with Crippen molar-refractivity contribution >= 4 is 29.5 Å². The van der Waals surface area contributed by atoms with E-state index in [2.05, 4.69) is 33.9 Å². The highest BCUT2D eigenvalue weighted by molar-refractivity contribution is 8.02. The summed E-state index contributed by atoms with van der Waals surface area (Å²) in [4.78, 5) is 45.5. The molecule has 7 nitrogen and oxygen atoms in total. The maximum atomic E-state index is 14.4. The fraction of sp³-hybridized carbons (Fsp3) is 0.759. The quantitative estimate of drug-likeness (QED) is 0.193. The third-order valence-corrected chi connectivity index (χ3v) is 10.2. The molecule has 8 heteroatoms. The largest absolute Gasteiger partial charge is 0.465 e. The van der Waals surface area contributed by atoms with Gasteiger partial charge in [0, 0.05) is 17.8 Å². The maximum Gasteiger partial charge on any atom is 0.310 e. The minimum atomic E-state index is -0.714. The fourth-order valence-corrected chi connectivity index (χ4v) is 8.89. The maximum absolute atomic E-state index is 14.4. The number of hydrogen-bond donors (Lipinski definition) is 1. The van der Waals surface area contributed by atoms with Crippen molar-refractivity contribution in [2.75, 3.05) is 19.8 Å². The van der Waals surface area contributed by atoms with E-state index >= 15 is 0 Å². The number of carbonyl (C=O) groups excluding carboxylic acids is 3. The topological polar surface area (TPSA) is 87.1 Å². The summed E-state index contributed by atoms with van der Waals surface area (Å²) < 4.78 is 4.96. The van der Waals surface area contributed by atoms with Gasteiger partial charge in [0.2, 0.25) is 11.8 Å². The van der Waals surface area contributed by atoms with Gasteiger partial charge in [-0.05, 0) is 51.4 Å². The second kappa shape index (κ2) is 12.8. The van der Waals surface area contributed by atoms with Crippen LogP contribution in [-0.4, -0.2) is 80.6 Å². The van der Waals surface area contributed by atoms with Crippen molar-refractivity contribution in [3.63, 3.8) is 0 Å². The number of aliphatic hydroxyl groups is 1. The van der Waals surface area contributed by atoms with Crippen LogP contribution in [0.1, 0.15) is 72.6 Å². The number of unbranched alkanes of at least 4 members (excludes halogenated alkanes) is 1. The molecule has 0 aliphatic carbocycles. The monoisotopic (exact) mass is 534 g/mol. The molecule has 0 radical (unpaired) electrons. The van der Waals surface area contributed by atoms with Gasteiger partial charge in [-0.1, -0.05) is 39.3 Å². The lowest BCUT2D eigenvalue weighted by Crippen LogP contribution is -2.59. The number of amides is 2. The Morgan fingerprint density at radius 1 is 1.30 bits per heavy atom. The van der Waals surface area contributed by atoms with Crippen LogP contribution < -0.4 is 0 Å². The molecule has 3 aliphatic heterocycles. The van der Waals surface area contributed by atoms with Crippen LogP contribution in [0.2, 0.25) is 0 Å².